The maximum absolute atomic E-state index is 2.37. The number of fused-ring (bicyclic) bond motifs is 4. The van der Waals surface area contributed by atoms with Gasteiger partial charge >= 0.3 is 0 Å². The Bertz CT molecular complexity index is 1370. The SMILES string of the molecule is c1ccc(C(=C2c3ccccc3-c3cc4ccccc4cc32)c2ccccc2)cc1. The van der Waals surface area contributed by atoms with Crippen LogP contribution in [0.3, 0.4) is 0 Å². The standard InChI is InChI=1S/C30H20/c1-3-11-21(12-4-1)29(22-13-5-2-6-14-22)30-26-18-10-9-17-25(26)27-19-23-15-7-8-16-24(23)20-28(27)30/h1-20H. The van der Waals surface area contributed by atoms with E-state index in [2.05, 4.69) is 121 Å². The van der Waals surface area contributed by atoms with Gasteiger partial charge in [0.05, 0.1) is 0 Å². The average Bonchev–Trinajstić information content (AvgIpc) is 3.13. The Morgan fingerprint density at radius 3 is 1.43 bits per heavy atom. The van der Waals surface area contributed by atoms with Crippen LogP contribution in [0.5, 0.6) is 0 Å². The van der Waals surface area contributed by atoms with Crippen molar-refractivity contribution in [2.24, 2.45) is 0 Å². The topological polar surface area (TPSA) is 0 Å². The normalized spacial score (nSPS) is 11.9. The smallest absolute Gasteiger partial charge is 0.00141 e. The van der Waals surface area contributed by atoms with Crippen molar-refractivity contribution in [3.63, 3.8) is 0 Å². The molecule has 0 heterocycles. The minimum Gasteiger partial charge on any atom is -0.0622 e. The van der Waals surface area contributed by atoms with Crippen LogP contribution in [0.2, 0.25) is 0 Å². The summed E-state index contributed by atoms with van der Waals surface area (Å²) in [4.78, 5) is 0. The van der Waals surface area contributed by atoms with Gasteiger partial charge in [-0.2, -0.15) is 0 Å². The highest BCUT2D eigenvalue weighted by atomic mass is 14.3. The van der Waals surface area contributed by atoms with E-state index < -0.39 is 0 Å². The van der Waals surface area contributed by atoms with Crippen LogP contribution in [0.1, 0.15) is 22.3 Å². The van der Waals surface area contributed by atoms with E-state index in [-0.39, 0.29) is 0 Å². The molecule has 5 aromatic rings. The highest BCUT2D eigenvalue weighted by Gasteiger charge is 2.27. The predicted octanol–water partition coefficient (Wildman–Crippen LogP) is 7.83. The van der Waals surface area contributed by atoms with Gasteiger partial charge in [0.2, 0.25) is 0 Å². The Morgan fingerprint density at radius 1 is 0.367 bits per heavy atom. The van der Waals surface area contributed by atoms with E-state index in [4.69, 9.17) is 0 Å². The van der Waals surface area contributed by atoms with Gasteiger partial charge in [-0.1, -0.05) is 109 Å². The van der Waals surface area contributed by atoms with Crippen LogP contribution in [0.15, 0.2) is 121 Å². The largest absolute Gasteiger partial charge is 0.0622 e. The fourth-order valence-electron chi connectivity index (χ4n) is 4.69. The minimum atomic E-state index is 1.24. The number of benzene rings is 5. The molecule has 0 unspecified atom stereocenters. The van der Waals surface area contributed by atoms with Gasteiger partial charge in [0.25, 0.3) is 0 Å². The fourth-order valence-corrected chi connectivity index (χ4v) is 4.69. The van der Waals surface area contributed by atoms with Crippen molar-refractivity contribution in [3.8, 4) is 11.1 Å². The maximum atomic E-state index is 2.37. The molecule has 0 amide bonds. The van der Waals surface area contributed by atoms with E-state index >= 15 is 0 Å². The van der Waals surface area contributed by atoms with Crippen LogP contribution >= 0.6 is 0 Å². The molecular formula is C30H20. The molecule has 0 fully saturated rings. The average molecular weight is 380 g/mol. The fraction of sp³-hybridized carbons (Fsp3) is 0. The first-order chi connectivity index (χ1) is 14.9. The van der Waals surface area contributed by atoms with Crippen molar-refractivity contribution in [1.29, 1.82) is 0 Å². The molecule has 0 saturated heterocycles. The summed E-state index contributed by atoms with van der Waals surface area (Å²) in [5, 5.41) is 2.57. The first-order valence-electron chi connectivity index (χ1n) is 10.4. The van der Waals surface area contributed by atoms with Gasteiger partial charge in [-0.25, -0.2) is 0 Å². The summed E-state index contributed by atoms with van der Waals surface area (Å²) in [5.41, 5.74) is 10.4. The summed E-state index contributed by atoms with van der Waals surface area (Å²) < 4.78 is 0. The Morgan fingerprint density at radius 2 is 0.833 bits per heavy atom. The molecule has 1 aliphatic carbocycles. The monoisotopic (exact) mass is 380 g/mol. The second kappa shape index (κ2) is 6.86. The Balaban J connectivity index is 1.78. The first-order valence-corrected chi connectivity index (χ1v) is 10.4. The van der Waals surface area contributed by atoms with Crippen molar-refractivity contribution in [2.75, 3.05) is 0 Å². The summed E-state index contributed by atoms with van der Waals surface area (Å²) in [6.07, 6.45) is 0. The molecule has 0 radical (unpaired) electrons. The lowest BCUT2D eigenvalue weighted by Gasteiger charge is -2.15. The van der Waals surface area contributed by atoms with E-state index in [9.17, 15) is 0 Å². The summed E-state index contributed by atoms with van der Waals surface area (Å²) in [6.45, 7) is 0. The van der Waals surface area contributed by atoms with Gasteiger partial charge in [0.15, 0.2) is 0 Å². The molecule has 5 aromatic carbocycles. The highest BCUT2D eigenvalue weighted by Crippen LogP contribution is 2.49. The molecule has 0 aromatic heterocycles. The van der Waals surface area contributed by atoms with Gasteiger partial charge in [-0.15, -0.1) is 0 Å². The van der Waals surface area contributed by atoms with Gasteiger partial charge in [-0.05, 0) is 67.4 Å². The molecule has 0 nitrogen and oxygen atoms in total. The quantitative estimate of drug-likeness (QED) is 0.287. The predicted molar refractivity (Wildman–Crippen MR) is 127 cm³/mol. The Kier molecular flexibility index (Phi) is 3.89. The van der Waals surface area contributed by atoms with Crippen LogP contribution in [0, 0.1) is 0 Å². The van der Waals surface area contributed by atoms with E-state index in [0.717, 1.165) is 0 Å². The van der Waals surface area contributed by atoms with E-state index in [1.807, 2.05) is 0 Å². The summed E-state index contributed by atoms with van der Waals surface area (Å²) >= 11 is 0. The van der Waals surface area contributed by atoms with E-state index in [1.165, 1.54) is 55.3 Å². The van der Waals surface area contributed by atoms with Gasteiger partial charge in [-0.3, -0.25) is 0 Å². The molecule has 0 spiro atoms. The van der Waals surface area contributed by atoms with Crippen LogP contribution in [-0.2, 0) is 0 Å². The van der Waals surface area contributed by atoms with Gasteiger partial charge in [0.1, 0.15) is 0 Å². The number of hydrogen-bond donors (Lipinski definition) is 0. The molecule has 0 heteroatoms. The molecule has 1 aliphatic rings. The molecule has 0 bridgehead atoms. The number of hydrogen-bond acceptors (Lipinski definition) is 0. The van der Waals surface area contributed by atoms with Crippen LogP contribution in [-0.4, -0.2) is 0 Å². The van der Waals surface area contributed by atoms with Crippen LogP contribution in [0.25, 0.3) is 33.0 Å². The zero-order valence-electron chi connectivity index (χ0n) is 16.5. The first kappa shape index (κ1) is 17.0. The van der Waals surface area contributed by atoms with Crippen LogP contribution < -0.4 is 0 Å². The molecule has 0 aliphatic heterocycles. The molecule has 0 atom stereocenters. The molecular weight excluding hydrogens is 360 g/mol. The molecule has 30 heavy (non-hydrogen) atoms. The zero-order valence-corrected chi connectivity index (χ0v) is 16.5. The molecule has 6 rings (SSSR count). The minimum absolute atomic E-state index is 1.24. The lowest BCUT2D eigenvalue weighted by Crippen LogP contribution is -1.94. The zero-order chi connectivity index (χ0) is 19.9. The molecule has 140 valence electrons. The summed E-state index contributed by atoms with van der Waals surface area (Å²) in [5.74, 6) is 0. The summed E-state index contributed by atoms with van der Waals surface area (Å²) in [7, 11) is 0. The second-order valence-electron chi connectivity index (χ2n) is 7.77. The third kappa shape index (κ3) is 2.62. The Hall–Kier alpha value is -3.90. The van der Waals surface area contributed by atoms with Gasteiger partial charge < -0.3 is 0 Å². The van der Waals surface area contributed by atoms with E-state index in [0.29, 0.717) is 0 Å². The highest BCUT2D eigenvalue weighted by molar-refractivity contribution is 6.15. The van der Waals surface area contributed by atoms with Gasteiger partial charge in [0, 0.05) is 0 Å². The van der Waals surface area contributed by atoms with Crippen molar-refractivity contribution >= 4 is 21.9 Å². The third-order valence-corrected chi connectivity index (χ3v) is 6.02. The lowest BCUT2D eigenvalue weighted by molar-refractivity contribution is 1.54. The maximum Gasteiger partial charge on any atom is -0.00141 e. The Labute approximate surface area is 176 Å². The van der Waals surface area contributed by atoms with E-state index in [1.54, 1.807) is 0 Å². The second-order valence-corrected chi connectivity index (χ2v) is 7.77. The molecule has 0 saturated carbocycles. The lowest BCUT2D eigenvalue weighted by atomic mass is 9.88. The van der Waals surface area contributed by atoms with Crippen molar-refractivity contribution < 1.29 is 0 Å². The number of rotatable bonds is 2. The van der Waals surface area contributed by atoms with Crippen molar-refractivity contribution in [2.45, 2.75) is 0 Å². The van der Waals surface area contributed by atoms with Crippen molar-refractivity contribution in [1.82, 2.24) is 0 Å². The molecule has 0 N–H and O–H groups in total. The summed E-state index contributed by atoms with van der Waals surface area (Å²) in [6, 6.07) is 43.7. The third-order valence-electron chi connectivity index (χ3n) is 6.02. The van der Waals surface area contributed by atoms with Crippen LogP contribution in [0.4, 0.5) is 0 Å². The van der Waals surface area contributed by atoms with Crippen molar-refractivity contribution in [3.05, 3.63) is 144 Å².